The Kier molecular flexibility index (Phi) is 4.73. The van der Waals surface area contributed by atoms with Gasteiger partial charge in [-0.3, -0.25) is 9.97 Å². The highest BCUT2D eigenvalue weighted by Gasteiger charge is 2.13. The van der Waals surface area contributed by atoms with Crippen LogP contribution in [-0.2, 0) is 13.2 Å². The first-order valence-electron chi connectivity index (χ1n) is 7.96. The van der Waals surface area contributed by atoms with Gasteiger partial charge >= 0.3 is 0 Å². The lowest BCUT2D eigenvalue weighted by Gasteiger charge is -2.12. The number of halogens is 2. The molecule has 130 valence electrons. The Morgan fingerprint density at radius 2 is 1.88 bits per heavy atom. The summed E-state index contributed by atoms with van der Waals surface area (Å²) in [6.07, 6.45) is 6.88. The van der Waals surface area contributed by atoms with E-state index in [4.69, 9.17) is 27.9 Å². The number of rotatable bonds is 5. The molecule has 26 heavy (non-hydrogen) atoms. The Morgan fingerprint density at radius 1 is 1.00 bits per heavy atom. The fraction of sp³-hybridized carbons (Fsp3) is 0.105. The van der Waals surface area contributed by atoms with Crippen LogP contribution >= 0.6 is 23.2 Å². The summed E-state index contributed by atoms with van der Waals surface area (Å²) in [5, 5.41) is 1.29. The Morgan fingerprint density at radius 3 is 2.73 bits per heavy atom. The van der Waals surface area contributed by atoms with Crippen molar-refractivity contribution in [1.29, 1.82) is 0 Å². The highest BCUT2D eigenvalue weighted by molar-refractivity contribution is 6.33. The number of nitrogens with zero attached hydrogens (tertiary/aromatic N) is 4. The van der Waals surface area contributed by atoms with Crippen LogP contribution in [0, 0.1) is 0 Å². The molecule has 7 heteroatoms. The van der Waals surface area contributed by atoms with Crippen molar-refractivity contribution >= 4 is 34.2 Å². The van der Waals surface area contributed by atoms with E-state index in [1.165, 1.54) is 0 Å². The highest BCUT2D eigenvalue weighted by atomic mass is 35.5. The standard InChI is InChI=1S/C19H14Cl2N4O/c20-14-3-4-16(21)13(8-14)11-25-18-10-23-7-5-17(18)24-19(25)12-26-15-2-1-6-22-9-15/h1-10H,11-12H2. The zero-order valence-electron chi connectivity index (χ0n) is 13.6. The quantitative estimate of drug-likeness (QED) is 0.497. The van der Waals surface area contributed by atoms with Gasteiger partial charge < -0.3 is 9.30 Å². The number of aromatic nitrogens is 4. The second kappa shape index (κ2) is 7.32. The maximum Gasteiger partial charge on any atom is 0.148 e. The van der Waals surface area contributed by atoms with Crippen molar-refractivity contribution in [2.24, 2.45) is 0 Å². The average molecular weight is 385 g/mol. The van der Waals surface area contributed by atoms with Crippen molar-refractivity contribution < 1.29 is 4.74 Å². The molecule has 0 saturated heterocycles. The summed E-state index contributed by atoms with van der Waals surface area (Å²) in [5.74, 6) is 1.46. The summed E-state index contributed by atoms with van der Waals surface area (Å²) in [7, 11) is 0. The fourth-order valence-corrected chi connectivity index (χ4v) is 3.09. The molecule has 4 rings (SSSR count). The topological polar surface area (TPSA) is 52.8 Å². The number of hydrogen-bond acceptors (Lipinski definition) is 4. The van der Waals surface area contributed by atoms with E-state index in [2.05, 4.69) is 15.0 Å². The van der Waals surface area contributed by atoms with Crippen molar-refractivity contribution in [3.63, 3.8) is 0 Å². The maximum absolute atomic E-state index is 6.34. The summed E-state index contributed by atoms with van der Waals surface area (Å²) in [4.78, 5) is 13.0. The predicted molar refractivity (Wildman–Crippen MR) is 102 cm³/mol. The number of imidazole rings is 1. The van der Waals surface area contributed by atoms with Gasteiger partial charge in [0, 0.05) is 22.4 Å². The van der Waals surface area contributed by atoms with Crippen LogP contribution in [0.3, 0.4) is 0 Å². The molecule has 3 aromatic heterocycles. The first-order chi connectivity index (χ1) is 12.7. The van der Waals surface area contributed by atoms with Gasteiger partial charge in [0.25, 0.3) is 0 Å². The van der Waals surface area contributed by atoms with E-state index in [-0.39, 0.29) is 0 Å². The third-order valence-corrected chi connectivity index (χ3v) is 4.57. The van der Waals surface area contributed by atoms with E-state index >= 15 is 0 Å². The molecule has 3 heterocycles. The van der Waals surface area contributed by atoms with Gasteiger partial charge in [0.2, 0.25) is 0 Å². The molecule has 0 spiro atoms. The zero-order valence-corrected chi connectivity index (χ0v) is 15.2. The third-order valence-electron chi connectivity index (χ3n) is 3.97. The SMILES string of the molecule is Clc1ccc(Cl)c(Cn2c(COc3cccnc3)nc3ccncc32)c1. The fourth-order valence-electron chi connectivity index (χ4n) is 2.72. The van der Waals surface area contributed by atoms with Crippen LogP contribution in [0.1, 0.15) is 11.4 Å². The summed E-state index contributed by atoms with van der Waals surface area (Å²) in [6, 6.07) is 11.0. The first kappa shape index (κ1) is 16.8. The van der Waals surface area contributed by atoms with Gasteiger partial charge in [0.1, 0.15) is 18.2 Å². The predicted octanol–water partition coefficient (Wildman–Crippen LogP) is 4.76. The number of hydrogen-bond donors (Lipinski definition) is 0. The molecule has 0 bridgehead atoms. The largest absolute Gasteiger partial charge is 0.484 e. The molecule has 0 radical (unpaired) electrons. The van der Waals surface area contributed by atoms with E-state index in [0.717, 1.165) is 22.4 Å². The van der Waals surface area contributed by atoms with Crippen molar-refractivity contribution in [3.8, 4) is 5.75 Å². The van der Waals surface area contributed by atoms with E-state index in [1.807, 2.05) is 28.8 Å². The maximum atomic E-state index is 6.34. The van der Waals surface area contributed by atoms with Crippen LogP contribution in [0.5, 0.6) is 5.75 Å². The highest BCUT2D eigenvalue weighted by Crippen LogP contribution is 2.25. The summed E-state index contributed by atoms with van der Waals surface area (Å²) in [6.45, 7) is 0.825. The monoisotopic (exact) mass is 384 g/mol. The molecule has 0 aliphatic rings. The lowest BCUT2D eigenvalue weighted by Crippen LogP contribution is -2.09. The molecule has 4 aromatic rings. The van der Waals surface area contributed by atoms with Gasteiger partial charge in [0.15, 0.2) is 0 Å². The lowest BCUT2D eigenvalue weighted by molar-refractivity contribution is 0.290. The van der Waals surface area contributed by atoms with E-state index in [1.54, 1.807) is 36.9 Å². The number of benzene rings is 1. The lowest BCUT2D eigenvalue weighted by atomic mass is 10.2. The van der Waals surface area contributed by atoms with E-state index < -0.39 is 0 Å². The summed E-state index contributed by atoms with van der Waals surface area (Å²) >= 11 is 12.5. The van der Waals surface area contributed by atoms with Crippen LogP contribution < -0.4 is 4.74 Å². The van der Waals surface area contributed by atoms with Crippen LogP contribution in [0.2, 0.25) is 10.0 Å². The van der Waals surface area contributed by atoms with Crippen LogP contribution in [0.4, 0.5) is 0 Å². The van der Waals surface area contributed by atoms with Crippen molar-refractivity contribution in [2.75, 3.05) is 0 Å². The molecule has 0 atom stereocenters. The number of pyridine rings is 2. The Bertz CT molecular complexity index is 1050. The van der Waals surface area contributed by atoms with Crippen LogP contribution in [0.15, 0.2) is 61.2 Å². The molecule has 0 saturated carbocycles. The third kappa shape index (κ3) is 3.49. The van der Waals surface area contributed by atoms with E-state index in [0.29, 0.717) is 28.9 Å². The summed E-state index contributed by atoms with van der Waals surface area (Å²) in [5.41, 5.74) is 2.67. The van der Waals surface area contributed by atoms with Gasteiger partial charge in [-0.2, -0.15) is 0 Å². The molecule has 0 amide bonds. The van der Waals surface area contributed by atoms with Gasteiger partial charge in [-0.05, 0) is 42.0 Å². The minimum Gasteiger partial charge on any atom is -0.484 e. The Balaban J connectivity index is 1.70. The van der Waals surface area contributed by atoms with E-state index in [9.17, 15) is 0 Å². The molecular formula is C19H14Cl2N4O. The molecular weight excluding hydrogens is 371 g/mol. The van der Waals surface area contributed by atoms with Gasteiger partial charge in [-0.1, -0.05) is 23.2 Å². The molecule has 5 nitrogen and oxygen atoms in total. The van der Waals surface area contributed by atoms with Crippen molar-refractivity contribution in [3.05, 3.63) is 82.6 Å². The molecule has 1 aromatic carbocycles. The van der Waals surface area contributed by atoms with Crippen LogP contribution in [0.25, 0.3) is 11.0 Å². The number of ether oxygens (including phenoxy) is 1. The van der Waals surface area contributed by atoms with Crippen LogP contribution in [-0.4, -0.2) is 19.5 Å². The van der Waals surface area contributed by atoms with Crippen molar-refractivity contribution in [1.82, 2.24) is 19.5 Å². The Labute approximate surface area is 160 Å². The van der Waals surface area contributed by atoms with Gasteiger partial charge in [-0.25, -0.2) is 4.98 Å². The average Bonchev–Trinajstić information content (AvgIpc) is 3.01. The first-order valence-corrected chi connectivity index (χ1v) is 8.72. The van der Waals surface area contributed by atoms with Crippen molar-refractivity contribution in [2.45, 2.75) is 13.2 Å². The summed E-state index contributed by atoms with van der Waals surface area (Å²) < 4.78 is 7.87. The molecule has 0 unspecified atom stereocenters. The zero-order chi connectivity index (χ0) is 17.9. The molecule has 0 aliphatic heterocycles. The smallest absolute Gasteiger partial charge is 0.148 e. The minimum absolute atomic E-state index is 0.304. The Hall–Kier alpha value is -2.63. The minimum atomic E-state index is 0.304. The normalized spacial score (nSPS) is 11.0. The number of fused-ring (bicyclic) bond motifs is 1. The van der Waals surface area contributed by atoms with Gasteiger partial charge in [0.05, 0.1) is 30.0 Å². The molecule has 0 fully saturated rings. The molecule has 0 aliphatic carbocycles. The second-order valence-electron chi connectivity index (χ2n) is 5.69. The molecule has 0 N–H and O–H groups in total. The van der Waals surface area contributed by atoms with Gasteiger partial charge in [-0.15, -0.1) is 0 Å². The second-order valence-corrected chi connectivity index (χ2v) is 6.54.